The van der Waals surface area contributed by atoms with E-state index < -0.39 is 16.4 Å². The van der Waals surface area contributed by atoms with E-state index in [0.717, 1.165) is 57.1 Å². The lowest BCUT2D eigenvalue weighted by Crippen LogP contribution is -2.56. The molecular formula is C23H32N4O3S. The van der Waals surface area contributed by atoms with Crippen molar-refractivity contribution in [3.05, 3.63) is 17.5 Å². The fraction of sp³-hybridized carbons (Fsp3) is 0.783. The van der Waals surface area contributed by atoms with Crippen LogP contribution in [0.3, 0.4) is 0 Å². The van der Waals surface area contributed by atoms with E-state index in [4.69, 9.17) is 4.98 Å². The standard InChI is InChI=1S/C23H32N4O3S/c28-21(25-19-10-15-3-4-23(29)11-16(15)9-17(19)12-23)18-13-24-22(26-20(18)14-1-2-14)27-5-7-31(30)8-6-27/h13-17,19,29H,1-12H2,(H,25,28)/t15?,16?,17?,19-,23-/m1/s1. The van der Waals surface area contributed by atoms with Gasteiger partial charge in [0.15, 0.2) is 0 Å². The van der Waals surface area contributed by atoms with Crippen LogP contribution in [0.2, 0.25) is 0 Å². The number of carbonyl (C=O) groups is 1. The Morgan fingerprint density at radius 3 is 2.68 bits per heavy atom. The van der Waals surface area contributed by atoms with Gasteiger partial charge in [-0.2, -0.15) is 0 Å². The third-order valence-corrected chi connectivity index (χ3v) is 9.73. The fourth-order valence-corrected chi connectivity index (χ4v) is 7.70. The number of hydrogen-bond donors (Lipinski definition) is 2. The van der Waals surface area contributed by atoms with Gasteiger partial charge < -0.3 is 15.3 Å². The first kappa shape index (κ1) is 20.1. The Morgan fingerprint density at radius 2 is 1.90 bits per heavy atom. The van der Waals surface area contributed by atoms with Gasteiger partial charge in [0.2, 0.25) is 5.95 Å². The van der Waals surface area contributed by atoms with E-state index in [1.165, 1.54) is 0 Å². The summed E-state index contributed by atoms with van der Waals surface area (Å²) in [6, 6.07) is 0.143. The highest BCUT2D eigenvalue weighted by molar-refractivity contribution is 7.85. The number of rotatable bonds is 4. The highest BCUT2D eigenvalue weighted by Gasteiger charge is 2.51. The van der Waals surface area contributed by atoms with Crippen molar-refractivity contribution >= 4 is 22.7 Å². The number of aromatic nitrogens is 2. The third-order valence-electron chi connectivity index (χ3n) is 8.45. The third kappa shape index (κ3) is 3.80. The zero-order valence-electron chi connectivity index (χ0n) is 18.0. The summed E-state index contributed by atoms with van der Waals surface area (Å²) in [5, 5.41) is 14.3. The molecule has 3 bridgehead atoms. The van der Waals surface area contributed by atoms with E-state index in [1.54, 1.807) is 6.20 Å². The van der Waals surface area contributed by atoms with E-state index >= 15 is 0 Å². The maximum atomic E-state index is 13.3. The van der Waals surface area contributed by atoms with Crippen molar-refractivity contribution in [2.45, 2.75) is 68.9 Å². The van der Waals surface area contributed by atoms with Crippen molar-refractivity contribution in [3.8, 4) is 0 Å². The molecule has 4 saturated carbocycles. The Morgan fingerprint density at radius 1 is 1.13 bits per heavy atom. The van der Waals surface area contributed by atoms with Gasteiger partial charge >= 0.3 is 0 Å². The highest BCUT2D eigenvalue weighted by atomic mass is 32.2. The normalized spacial score (nSPS) is 37.6. The van der Waals surface area contributed by atoms with E-state index in [0.29, 0.717) is 59.8 Å². The molecule has 168 valence electrons. The molecule has 2 heterocycles. The molecule has 1 aliphatic heterocycles. The SMILES string of the molecule is O=C(N[C@@H]1CC2CC[C@@]3(O)CC2CC1C3)c1cnc(N2CCS(=O)CC2)nc1C1CC1. The molecule has 31 heavy (non-hydrogen) atoms. The molecule has 5 fully saturated rings. The molecule has 1 saturated heterocycles. The number of anilines is 1. The summed E-state index contributed by atoms with van der Waals surface area (Å²) in [6.07, 6.45) is 9.83. The Bertz CT molecular complexity index is 912. The van der Waals surface area contributed by atoms with Gasteiger partial charge in [-0.1, -0.05) is 0 Å². The van der Waals surface area contributed by atoms with E-state index in [9.17, 15) is 14.1 Å². The Hall–Kier alpha value is -1.54. The largest absolute Gasteiger partial charge is 0.390 e. The van der Waals surface area contributed by atoms with Crippen LogP contribution in [-0.4, -0.2) is 61.4 Å². The lowest BCUT2D eigenvalue weighted by atomic mass is 9.54. The Kier molecular flexibility index (Phi) is 4.87. The summed E-state index contributed by atoms with van der Waals surface area (Å²) in [4.78, 5) is 24.8. The highest BCUT2D eigenvalue weighted by Crippen LogP contribution is 2.54. The smallest absolute Gasteiger partial charge is 0.254 e. The second kappa shape index (κ2) is 7.51. The number of hydrogen-bond acceptors (Lipinski definition) is 6. The molecule has 1 aromatic heterocycles. The van der Waals surface area contributed by atoms with Crippen LogP contribution >= 0.6 is 0 Å². The van der Waals surface area contributed by atoms with Crippen LogP contribution in [-0.2, 0) is 10.8 Å². The van der Waals surface area contributed by atoms with Crippen molar-refractivity contribution in [2.24, 2.45) is 17.8 Å². The topological polar surface area (TPSA) is 95.4 Å². The summed E-state index contributed by atoms with van der Waals surface area (Å²) in [7, 11) is -0.738. The molecule has 1 amide bonds. The number of fused-ring (bicyclic) bond motifs is 2. The summed E-state index contributed by atoms with van der Waals surface area (Å²) < 4.78 is 11.7. The molecule has 0 spiro atoms. The van der Waals surface area contributed by atoms with E-state index in [1.807, 2.05) is 0 Å². The predicted octanol–water partition coefficient (Wildman–Crippen LogP) is 1.98. The van der Waals surface area contributed by atoms with Gasteiger partial charge in [-0.05, 0) is 69.1 Å². The number of nitrogens with one attached hydrogen (secondary N) is 1. The second-order valence-electron chi connectivity index (χ2n) is 10.6. The van der Waals surface area contributed by atoms with E-state index in [2.05, 4.69) is 15.2 Å². The fourth-order valence-electron chi connectivity index (χ4n) is 6.64. The Balaban J connectivity index is 1.21. The van der Waals surface area contributed by atoms with Gasteiger partial charge in [0.1, 0.15) is 0 Å². The predicted molar refractivity (Wildman–Crippen MR) is 118 cm³/mol. The number of nitrogens with zero attached hydrogens (tertiary/aromatic N) is 3. The number of carbonyl (C=O) groups excluding carboxylic acids is 1. The van der Waals surface area contributed by atoms with Gasteiger partial charge in [-0.15, -0.1) is 0 Å². The molecule has 7 nitrogen and oxygen atoms in total. The minimum atomic E-state index is -0.738. The molecule has 6 rings (SSSR count). The van der Waals surface area contributed by atoms with Gasteiger partial charge in [0.05, 0.1) is 16.9 Å². The van der Waals surface area contributed by atoms with Gasteiger partial charge in [0.25, 0.3) is 5.91 Å². The van der Waals surface area contributed by atoms with Crippen molar-refractivity contribution < 1.29 is 14.1 Å². The average Bonchev–Trinajstić information content (AvgIpc) is 3.59. The zero-order chi connectivity index (χ0) is 21.2. The summed E-state index contributed by atoms with van der Waals surface area (Å²) >= 11 is 0. The molecule has 4 aliphatic carbocycles. The molecule has 1 aromatic rings. The maximum absolute atomic E-state index is 13.3. The quantitative estimate of drug-likeness (QED) is 0.737. The Labute approximate surface area is 185 Å². The van der Waals surface area contributed by atoms with Crippen LogP contribution in [0.1, 0.15) is 73.3 Å². The first-order chi connectivity index (χ1) is 15.0. The summed E-state index contributed by atoms with van der Waals surface area (Å²) in [6.45, 7) is 1.41. The van der Waals surface area contributed by atoms with Gasteiger partial charge in [0, 0.05) is 53.6 Å². The monoisotopic (exact) mass is 444 g/mol. The molecule has 0 radical (unpaired) electrons. The van der Waals surface area contributed by atoms with Crippen LogP contribution in [0, 0.1) is 17.8 Å². The van der Waals surface area contributed by atoms with E-state index in [-0.39, 0.29) is 11.9 Å². The average molecular weight is 445 g/mol. The van der Waals surface area contributed by atoms with Crippen LogP contribution in [0.4, 0.5) is 5.95 Å². The molecule has 3 unspecified atom stereocenters. The minimum absolute atomic E-state index is 0.0508. The van der Waals surface area contributed by atoms with Crippen molar-refractivity contribution in [1.29, 1.82) is 0 Å². The minimum Gasteiger partial charge on any atom is -0.390 e. The second-order valence-corrected chi connectivity index (χ2v) is 12.3. The molecule has 5 aliphatic rings. The van der Waals surface area contributed by atoms with Crippen molar-refractivity contribution in [2.75, 3.05) is 29.5 Å². The molecule has 5 atom stereocenters. The van der Waals surface area contributed by atoms with Crippen LogP contribution in [0.15, 0.2) is 6.20 Å². The zero-order valence-corrected chi connectivity index (χ0v) is 18.8. The molecule has 2 N–H and O–H groups in total. The molecule has 8 heteroatoms. The van der Waals surface area contributed by atoms with Crippen molar-refractivity contribution in [1.82, 2.24) is 15.3 Å². The maximum Gasteiger partial charge on any atom is 0.254 e. The summed E-state index contributed by atoms with van der Waals surface area (Å²) in [5.74, 6) is 3.92. The van der Waals surface area contributed by atoms with Gasteiger partial charge in [-0.25, -0.2) is 9.97 Å². The summed E-state index contributed by atoms with van der Waals surface area (Å²) in [5.41, 5.74) is 0.996. The van der Waals surface area contributed by atoms with Crippen LogP contribution in [0.5, 0.6) is 0 Å². The first-order valence-electron chi connectivity index (χ1n) is 12.0. The lowest BCUT2D eigenvalue weighted by molar-refractivity contribution is -0.115. The van der Waals surface area contributed by atoms with Crippen molar-refractivity contribution in [3.63, 3.8) is 0 Å². The van der Waals surface area contributed by atoms with Crippen LogP contribution < -0.4 is 10.2 Å². The van der Waals surface area contributed by atoms with Crippen LogP contribution in [0.25, 0.3) is 0 Å². The van der Waals surface area contributed by atoms with Gasteiger partial charge in [-0.3, -0.25) is 9.00 Å². The molecule has 0 aromatic carbocycles. The lowest BCUT2D eigenvalue weighted by Gasteiger charge is -2.55. The first-order valence-corrected chi connectivity index (χ1v) is 13.5. The number of amides is 1. The molecular weight excluding hydrogens is 412 g/mol. The number of aliphatic hydroxyl groups is 1.